The molecule has 0 nitrogen and oxygen atoms in total. The Morgan fingerprint density at radius 3 is 0.812 bits per heavy atom. The molecule has 0 heterocycles. The van der Waals surface area contributed by atoms with E-state index in [0.29, 0.717) is 3.99 Å². The summed E-state index contributed by atoms with van der Waals surface area (Å²) in [6.45, 7) is 21.1. The van der Waals surface area contributed by atoms with Crippen molar-refractivity contribution < 1.29 is 0 Å². The molecule has 0 aliphatic heterocycles. The second kappa shape index (κ2) is 6.88. The average molecular weight is 487 g/mol. The first-order valence-electron chi connectivity index (χ1n) is 5.66. The normalized spacial score (nSPS) is 14.6. The summed E-state index contributed by atoms with van der Waals surface area (Å²) in [5.74, 6) is 0. The van der Waals surface area contributed by atoms with E-state index >= 15 is 0 Å². The molecule has 0 saturated heterocycles. The van der Waals surface area contributed by atoms with E-state index in [1.54, 1.807) is 0 Å². The molecule has 0 N–H and O–H groups in total. The molecule has 0 spiro atoms. The molecule has 0 unspecified atom stereocenters. The second-order valence-electron chi connectivity index (χ2n) is 6.83. The van der Waals surface area contributed by atoms with Gasteiger partial charge in [0.2, 0.25) is 0 Å². The monoisotopic (exact) mass is 490 g/mol. The van der Waals surface area contributed by atoms with Crippen LogP contribution in [-0.2, 0) is 0 Å². The summed E-state index contributed by atoms with van der Waals surface area (Å²) in [5, 5.41) is 0. The maximum atomic E-state index is 2.60. The van der Waals surface area contributed by atoms with Crippen molar-refractivity contribution >= 4 is 65.7 Å². The first-order chi connectivity index (χ1) is 6.79. The molecule has 0 rings (SSSR count). The molecule has 0 aromatic carbocycles. The van der Waals surface area contributed by atoms with E-state index in [0.717, 1.165) is 41.6 Å². The summed E-state index contributed by atoms with van der Waals surface area (Å²) < 4.78 is 0.548. The van der Waals surface area contributed by atoms with Gasteiger partial charge >= 0.3 is 125 Å². The number of hydrogen-bond donors (Lipinski definition) is 0. The number of hydrogen-bond acceptors (Lipinski definition) is 0. The van der Waals surface area contributed by atoms with Crippen LogP contribution in [-0.4, -0.2) is 61.7 Å². The van der Waals surface area contributed by atoms with Crippen molar-refractivity contribution in [2.45, 2.75) is 58.9 Å². The van der Waals surface area contributed by atoms with Gasteiger partial charge in [-0.15, -0.1) is 0 Å². The van der Waals surface area contributed by atoms with Crippen molar-refractivity contribution in [2.75, 3.05) is 0 Å². The van der Waals surface area contributed by atoms with Crippen LogP contribution in [0.15, 0.2) is 0 Å². The van der Waals surface area contributed by atoms with Gasteiger partial charge in [-0.25, -0.2) is 0 Å². The molecule has 98 valence electrons. The minimum absolute atomic E-state index is 0.548. The van der Waals surface area contributed by atoms with Gasteiger partial charge in [-0.1, -0.05) is 0 Å². The van der Waals surface area contributed by atoms with Crippen LogP contribution < -0.4 is 0 Å². The summed E-state index contributed by atoms with van der Waals surface area (Å²) in [5.41, 5.74) is 0. The van der Waals surface area contributed by atoms with E-state index in [1.807, 2.05) is 0 Å². The zero-order valence-corrected chi connectivity index (χ0v) is 21.2. The second-order valence-corrected chi connectivity index (χ2v) is 73.1. The van der Waals surface area contributed by atoms with Gasteiger partial charge in [-0.3, -0.25) is 0 Å². The quantitative estimate of drug-likeness (QED) is 0.395. The van der Waals surface area contributed by atoms with Crippen LogP contribution in [0.4, 0.5) is 0 Å². The summed E-state index contributed by atoms with van der Waals surface area (Å²) in [7, 11) is 0. The molecule has 0 aromatic heterocycles. The Bertz CT molecular complexity index is 179. The van der Waals surface area contributed by atoms with Crippen LogP contribution in [0, 0.1) is 0 Å². The van der Waals surface area contributed by atoms with Crippen molar-refractivity contribution in [1.29, 1.82) is 0 Å². The van der Waals surface area contributed by atoms with Crippen LogP contribution in [0.25, 0.3) is 0 Å². The summed E-state index contributed by atoms with van der Waals surface area (Å²) in [6, 6.07) is 0. The van der Waals surface area contributed by atoms with Gasteiger partial charge < -0.3 is 0 Å². The first-order valence-corrected chi connectivity index (χ1v) is 31.6. The van der Waals surface area contributed by atoms with Gasteiger partial charge in [0, 0.05) is 0 Å². The van der Waals surface area contributed by atoms with E-state index in [1.165, 1.54) is 0 Å². The van der Waals surface area contributed by atoms with Gasteiger partial charge in [-0.2, -0.15) is 0 Å². The van der Waals surface area contributed by atoms with E-state index in [2.05, 4.69) is 58.9 Å². The molecule has 0 saturated carbocycles. The van der Waals surface area contributed by atoms with Crippen molar-refractivity contribution in [1.82, 2.24) is 0 Å². The van der Waals surface area contributed by atoms with Crippen LogP contribution in [0.3, 0.4) is 0 Å². The molecule has 0 aliphatic carbocycles. The molecule has 0 aromatic rings. The summed E-state index contributed by atoms with van der Waals surface area (Å²) in [6.07, 6.45) is 0. The Hall–Kier alpha value is 2.64. The van der Waals surface area contributed by atoms with Gasteiger partial charge in [0.25, 0.3) is 0 Å². The molecule has 0 fully saturated rings. The van der Waals surface area contributed by atoms with Gasteiger partial charge in [0.15, 0.2) is 0 Å². The van der Waals surface area contributed by atoms with Crippen molar-refractivity contribution in [3.05, 3.63) is 0 Å². The fraction of sp³-hybridized carbons (Fsp3) is 1.00. The van der Waals surface area contributed by atoms with E-state index in [-0.39, 0.29) is 0 Å². The van der Waals surface area contributed by atoms with Crippen LogP contribution in [0.2, 0.25) is 58.9 Å². The molecular formula is C9H27PSe3Si3. The molecular weight excluding hydrogens is 460 g/mol. The Kier molecular flexibility index (Phi) is 8.02. The van der Waals surface area contributed by atoms with Crippen LogP contribution >= 0.6 is 3.99 Å². The molecule has 16 heavy (non-hydrogen) atoms. The Morgan fingerprint density at radius 2 is 0.688 bits per heavy atom. The Morgan fingerprint density at radius 1 is 0.500 bits per heavy atom. The van der Waals surface area contributed by atoms with E-state index < -0.39 is 20.0 Å². The Balaban J connectivity index is 4.53. The zero-order chi connectivity index (χ0) is 13.2. The van der Waals surface area contributed by atoms with Crippen molar-refractivity contribution in [2.24, 2.45) is 0 Å². The summed E-state index contributed by atoms with van der Waals surface area (Å²) in [4.78, 5) is 0. The average Bonchev–Trinajstić information content (AvgIpc) is 1.70. The zero-order valence-electron chi connectivity index (χ0n) is 12.2. The SMILES string of the molecule is C[Si](C)(C)[Se]P([Se][Si](C)(C)C)[Se][Si](C)(C)C. The van der Waals surface area contributed by atoms with E-state index in [9.17, 15) is 0 Å². The maximum absolute atomic E-state index is 2.60. The van der Waals surface area contributed by atoms with Gasteiger partial charge in [-0.05, 0) is 0 Å². The molecule has 7 heteroatoms. The third kappa shape index (κ3) is 13.1. The fourth-order valence-corrected chi connectivity index (χ4v) is 204. The molecule has 0 amide bonds. The van der Waals surface area contributed by atoms with Crippen molar-refractivity contribution in [3.8, 4) is 0 Å². The predicted octanol–water partition coefficient (Wildman–Crippen LogP) is 3.83. The van der Waals surface area contributed by atoms with E-state index in [4.69, 9.17) is 0 Å². The van der Waals surface area contributed by atoms with Gasteiger partial charge in [0.1, 0.15) is 0 Å². The predicted molar refractivity (Wildman–Crippen MR) is 94.2 cm³/mol. The Labute approximate surface area is 123 Å². The third-order valence-corrected chi connectivity index (χ3v) is 92.8. The molecule has 0 bridgehead atoms. The molecule has 0 radical (unpaired) electrons. The van der Waals surface area contributed by atoms with Crippen molar-refractivity contribution in [3.63, 3.8) is 0 Å². The van der Waals surface area contributed by atoms with Crippen LogP contribution in [0.1, 0.15) is 0 Å². The standard InChI is InChI=1S/C9H27PSe3Si3/c1-14(2,3)11-10(12-15(4,5)6)13-16(7,8)9/h1-9H3. The number of rotatable bonds is 6. The summed E-state index contributed by atoms with van der Waals surface area (Å²) >= 11 is 3.22. The molecule has 0 atom stereocenters. The van der Waals surface area contributed by atoms with Gasteiger partial charge in [0.05, 0.1) is 0 Å². The minimum atomic E-state index is -0.753. The topological polar surface area (TPSA) is 0 Å². The first kappa shape index (κ1) is 18.6. The fourth-order valence-electron chi connectivity index (χ4n) is 0.727. The third-order valence-electron chi connectivity index (χ3n) is 1.05. The van der Waals surface area contributed by atoms with Crippen LogP contribution in [0.5, 0.6) is 0 Å². The molecule has 0 aliphatic rings.